The first-order valence-corrected chi connectivity index (χ1v) is 5.88. The Kier molecular flexibility index (Phi) is 3.61. The molecule has 0 unspecified atom stereocenters. The van der Waals surface area contributed by atoms with Crippen LogP contribution < -0.4 is 11.4 Å². The standard InChI is InChI=1S/C10H14N6O5/c1-9(20)6(18)10(4-17,14-15-12)21-7(9)16-3-2-5(11)13-8(16)19/h2-3,6-7,17-18,20H,4H2,1H3,(H2,11,13,19)/t6-,7+,9-,10+/m0/s1. The number of nitrogens with two attached hydrogens (primary N) is 1. The van der Waals surface area contributed by atoms with Gasteiger partial charge in [-0.25, -0.2) is 4.79 Å². The van der Waals surface area contributed by atoms with Gasteiger partial charge in [0.25, 0.3) is 0 Å². The molecule has 0 aromatic carbocycles. The predicted octanol–water partition coefficient (Wildman–Crippen LogP) is -1.53. The first kappa shape index (κ1) is 15.2. The number of ether oxygens (including phenoxy) is 1. The van der Waals surface area contributed by atoms with Gasteiger partial charge in [-0.1, -0.05) is 5.11 Å². The highest BCUT2D eigenvalue weighted by molar-refractivity contribution is 5.24. The Hall–Kier alpha value is -2.17. The molecule has 114 valence electrons. The minimum atomic E-state index is -2.11. The highest BCUT2D eigenvalue weighted by Gasteiger charge is 2.61. The summed E-state index contributed by atoms with van der Waals surface area (Å²) >= 11 is 0. The second-order valence-corrected chi connectivity index (χ2v) is 4.83. The first-order chi connectivity index (χ1) is 9.78. The summed E-state index contributed by atoms with van der Waals surface area (Å²) in [5, 5.41) is 33.0. The summed E-state index contributed by atoms with van der Waals surface area (Å²) in [6, 6.07) is 1.29. The van der Waals surface area contributed by atoms with Gasteiger partial charge in [-0.05, 0) is 18.5 Å². The van der Waals surface area contributed by atoms with Crippen molar-refractivity contribution in [1.29, 1.82) is 0 Å². The van der Waals surface area contributed by atoms with Crippen molar-refractivity contribution in [1.82, 2.24) is 9.55 Å². The van der Waals surface area contributed by atoms with E-state index in [9.17, 15) is 20.1 Å². The molecule has 2 rings (SSSR count). The van der Waals surface area contributed by atoms with Crippen LogP contribution in [0.3, 0.4) is 0 Å². The summed E-state index contributed by atoms with van der Waals surface area (Å²) in [5.74, 6) is -0.0297. The number of azide groups is 1. The van der Waals surface area contributed by atoms with Crippen molar-refractivity contribution < 1.29 is 20.1 Å². The van der Waals surface area contributed by atoms with Crippen LogP contribution in [0.2, 0.25) is 0 Å². The van der Waals surface area contributed by atoms with E-state index in [1.165, 1.54) is 19.2 Å². The van der Waals surface area contributed by atoms with Gasteiger partial charge < -0.3 is 25.8 Å². The van der Waals surface area contributed by atoms with E-state index in [0.29, 0.717) is 0 Å². The molecule has 1 aliphatic heterocycles. The van der Waals surface area contributed by atoms with E-state index in [1.807, 2.05) is 0 Å². The van der Waals surface area contributed by atoms with E-state index >= 15 is 0 Å². The molecule has 4 atom stereocenters. The molecule has 0 radical (unpaired) electrons. The molecular weight excluding hydrogens is 284 g/mol. The molecule has 0 bridgehead atoms. The van der Waals surface area contributed by atoms with E-state index in [1.54, 1.807) is 0 Å². The Balaban J connectivity index is 2.55. The van der Waals surface area contributed by atoms with Gasteiger partial charge in [-0.2, -0.15) is 4.98 Å². The fourth-order valence-corrected chi connectivity index (χ4v) is 2.22. The summed E-state index contributed by atoms with van der Waals surface area (Å²) in [4.78, 5) is 17.8. The van der Waals surface area contributed by atoms with Gasteiger partial charge in [0.1, 0.15) is 17.5 Å². The van der Waals surface area contributed by atoms with Crippen molar-refractivity contribution in [2.24, 2.45) is 5.11 Å². The Morgan fingerprint density at radius 3 is 2.90 bits per heavy atom. The molecular formula is C10H14N6O5. The smallest absolute Gasteiger partial charge is 0.351 e. The number of hydrogen-bond donors (Lipinski definition) is 4. The normalized spacial score (nSPS) is 35.4. The number of aromatic nitrogens is 2. The van der Waals surface area contributed by atoms with Crippen LogP contribution in [0, 0.1) is 0 Å². The number of anilines is 1. The van der Waals surface area contributed by atoms with Crippen molar-refractivity contribution >= 4 is 5.82 Å². The molecule has 1 aromatic heterocycles. The SMILES string of the molecule is C[C@@]1(O)[C@H](n2ccc(N)nc2=O)O[C@@](CO)(N=[N+]=[N-])[C@H]1O. The summed E-state index contributed by atoms with van der Waals surface area (Å²) in [7, 11) is 0. The fourth-order valence-electron chi connectivity index (χ4n) is 2.22. The predicted molar refractivity (Wildman–Crippen MR) is 68.6 cm³/mol. The van der Waals surface area contributed by atoms with Gasteiger partial charge in [0.2, 0.25) is 5.72 Å². The van der Waals surface area contributed by atoms with Crippen LogP contribution in [0.15, 0.2) is 22.2 Å². The summed E-state index contributed by atoms with van der Waals surface area (Å²) < 4.78 is 6.16. The molecule has 2 heterocycles. The van der Waals surface area contributed by atoms with Crippen molar-refractivity contribution in [3.63, 3.8) is 0 Å². The van der Waals surface area contributed by atoms with Crippen LogP contribution in [0.1, 0.15) is 13.2 Å². The highest BCUT2D eigenvalue weighted by atomic mass is 16.6. The molecule has 11 heteroatoms. The Morgan fingerprint density at radius 1 is 1.71 bits per heavy atom. The number of nitrogen functional groups attached to an aromatic ring is 1. The van der Waals surface area contributed by atoms with Crippen molar-refractivity contribution in [3.05, 3.63) is 33.2 Å². The van der Waals surface area contributed by atoms with Crippen LogP contribution >= 0.6 is 0 Å². The Morgan fingerprint density at radius 2 is 2.38 bits per heavy atom. The maximum absolute atomic E-state index is 11.8. The molecule has 0 spiro atoms. The van der Waals surface area contributed by atoms with Crippen LogP contribution in [0.4, 0.5) is 5.82 Å². The topological polar surface area (TPSA) is 180 Å². The maximum atomic E-state index is 11.8. The van der Waals surface area contributed by atoms with E-state index in [4.69, 9.17) is 16.0 Å². The number of nitrogens with zero attached hydrogens (tertiary/aromatic N) is 5. The zero-order valence-electron chi connectivity index (χ0n) is 11.0. The number of hydrogen-bond acceptors (Lipinski definition) is 8. The van der Waals surface area contributed by atoms with Gasteiger partial charge in [0.05, 0.1) is 6.61 Å². The van der Waals surface area contributed by atoms with E-state index in [0.717, 1.165) is 4.57 Å². The minimum absolute atomic E-state index is 0.0297. The molecule has 1 saturated heterocycles. The first-order valence-electron chi connectivity index (χ1n) is 5.88. The van der Waals surface area contributed by atoms with Gasteiger partial charge in [-0.3, -0.25) is 4.57 Å². The average Bonchev–Trinajstić information content (AvgIpc) is 2.61. The third-order valence-electron chi connectivity index (χ3n) is 3.34. The lowest BCUT2D eigenvalue weighted by molar-refractivity contribution is -0.128. The van der Waals surface area contributed by atoms with Crippen LogP contribution in [-0.4, -0.2) is 48.9 Å². The fraction of sp³-hybridized carbons (Fsp3) is 0.600. The van der Waals surface area contributed by atoms with E-state index in [-0.39, 0.29) is 5.82 Å². The van der Waals surface area contributed by atoms with Crippen LogP contribution in [0.25, 0.3) is 10.4 Å². The number of rotatable bonds is 3. The van der Waals surface area contributed by atoms with E-state index < -0.39 is 36.0 Å². The third-order valence-corrected chi connectivity index (χ3v) is 3.34. The van der Waals surface area contributed by atoms with Crippen LogP contribution in [-0.2, 0) is 4.74 Å². The largest absolute Gasteiger partial charge is 0.393 e. The summed E-state index contributed by atoms with van der Waals surface area (Å²) in [5.41, 5.74) is 8.95. The monoisotopic (exact) mass is 298 g/mol. The van der Waals surface area contributed by atoms with Gasteiger partial charge in [0.15, 0.2) is 6.23 Å². The molecule has 0 aliphatic carbocycles. The molecule has 0 amide bonds. The maximum Gasteiger partial charge on any atom is 0.351 e. The molecule has 0 saturated carbocycles. The second kappa shape index (κ2) is 4.98. The molecule has 5 N–H and O–H groups in total. The number of aliphatic hydroxyl groups is 3. The molecule has 1 aromatic rings. The lowest BCUT2D eigenvalue weighted by Crippen LogP contribution is -2.50. The lowest BCUT2D eigenvalue weighted by Gasteiger charge is -2.28. The zero-order valence-corrected chi connectivity index (χ0v) is 11.0. The van der Waals surface area contributed by atoms with Crippen molar-refractivity contribution in [3.8, 4) is 0 Å². The Bertz CT molecular complexity index is 654. The number of aliphatic hydroxyl groups excluding tert-OH is 2. The molecule has 1 aliphatic rings. The molecule has 1 fully saturated rings. The average molecular weight is 298 g/mol. The summed E-state index contributed by atoms with van der Waals surface area (Å²) in [6.07, 6.45) is -1.98. The molecule has 11 nitrogen and oxygen atoms in total. The van der Waals surface area contributed by atoms with Gasteiger partial charge >= 0.3 is 5.69 Å². The molecule has 21 heavy (non-hydrogen) atoms. The van der Waals surface area contributed by atoms with Crippen molar-refractivity contribution in [2.75, 3.05) is 12.3 Å². The summed E-state index contributed by atoms with van der Waals surface area (Å²) in [6.45, 7) is 0.289. The lowest BCUT2D eigenvalue weighted by atomic mass is 9.93. The van der Waals surface area contributed by atoms with Crippen LogP contribution in [0.5, 0.6) is 0 Å². The Labute approximate surface area is 117 Å². The van der Waals surface area contributed by atoms with E-state index in [2.05, 4.69) is 15.0 Å². The van der Waals surface area contributed by atoms with Gasteiger partial charge in [0, 0.05) is 11.1 Å². The third kappa shape index (κ3) is 2.22. The van der Waals surface area contributed by atoms with Crippen molar-refractivity contribution in [2.45, 2.75) is 30.6 Å². The van der Waals surface area contributed by atoms with Gasteiger partial charge in [-0.15, -0.1) is 0 Å². The quantitative estimate of drug-likeness (QED) is 0.296. The minimum Gasteiger partial charge on any atom is -0.393 e. The highest BCUT2D eigenvalue weighted by Crippen LogP contribution is 2.44. The zero-order chi connectivity index (χ0) is 15.8. The second-order valence-electron chi connectivity index (χ2n) is 4.83.